The Morgan fingerprint density at radius 3 is 2.62 bits per heavy atom. The molecule has 0 radical (unpaired) electrons. The highest BCUT2D eigenvalue weighted by Gasteiger charge is 2.15. The molecule has 0 aliphatic rings. The van der Waals surface area contributed by atoms with Crippen molar-refractivity contribution in [3.05, 3.63) is 53.2 Å². The minimum absolute atomic E-state index is 0.649. The van der Waals surface area contributed by atoms with Gasteiger partial charge in [-0.2, -0.15) is 0 Å². The molecule has 6 nitrogen and oxygen atoms in total. The van der Waals surface area contributed by atoms with Gasteiger partial charge in [0.1, 0.15) is 17.3 Å². The van der Waals surface area contributed by atoms with Crippen molar-refractivity contribution < 1.29 is 4.52 Å². The lowest BCUT2D eigenvalue weighted by Gasteiger charge is -2.19. The molecule has 0 aromatic carbocycles. The largest absolute Gasteiger partial charge is 0.361 e. The van der Waals surface area contributed by atoms with Crippen LogP contribution in [0.3, 0.4) is 0 Å². The topological polar surface area (TPSA) is 67.9 Å². The number of rotatable bonds is 5. The summed E-state index contributed by atoms with van der Waals surface area (Å²) in [5.74, 6) is 2.35. The molecule has 3 rings (SSSR count). The molecule has 6 heteroatoms. The van der Waals surface area contributed by atoms with Crippen LogP contribution in [0.2, 0.25) is 0 Å². The molecule has 3 heterocycles. The molecule has 0 saturated carbocycles. The molecule has 0 N–H and O–H groups in total. The summed E-state index contributed by atoms with van der Waals surface area (Å²) < 4.78 is 5.25. The zero-order valence-electron chi connectivity index (χ0n) is 14.4. The van der Waals surface area contributed by atoms with Crippen molar-refractivity contribution in [3.8, 4) is 11.5 Å². The Kier molecular flexibility index (Phi) is 4.55. The summed E-state index contributed by atoms with van der Waals surface area (Å²) in [5, 5.41) is 4.02. The third-order valence-corrected chi connectivity index (χ3v) is 3.99. The van der Waals surface area contributed by atoms with Gasteiger partial charge >= 0.3 is 0 Å². The molecular weight excluding hydrogens is 302 g/mol. The first-order valence-corrected chi connectivity index (χ1v) is 8.00. The number of aromatic nitrogens is 4. The van der Waals surface area contributed by atoms with E-state index in [1.54, 1.807) is 6.20 Å². The highest BCUT2D eigenvalue weighted by Crippen LogP contribution is 2.21. The number of hydrogen-bond acceptors (Lipinski definition) is 6. The van der Waals surface area contributed by atoms with E-state index < -0.39 is 0 Å². The molecule has 0 atom stereocenters. The van der Waals surface area contributed by atoms with Crippen LogP contribution in [0, 0.1) is 13.8 Å². The van der Waals surface area contributed by atoms with Crippen LogP contribution in [0.5, 0.6) is 0 Å². The van der Waals surface area contributed by atoms with Crippen LogP contribution in [-0.4, -0.2) is 27.2 Å². The van der Waals surface area contributed by atoms with Gasteiger partial charge in [-0.15, -0.1) is 0 Å². The predicted molar refractivity (Wildman–Crippen MR) is 92.7 cm³/mol. The Bertz CT molecular complexity index is 809. The number of nitrogens with zero attached hydrogens (tertiary/aromatic N) is 5. The van der Waals surface area contributed by atoms with Crippen LogP contribution in [0.1, 0.15) is 29.6 Å². The first kappa shape index (κ1) is 16.1. The minimum atomic E-state index is 0.649. The number of pyridine rings is 1. The third kappa shape index (κ3) is 3.27. The highest BCUT2D eigenvalue weighted by molar-refractivity contribution is 5.53. The molecule has 0 saturated heterocycles. The fourth-order valence-corrected chi connectivity index (χ4v) is 2.52. The van der Waals surface area contributed by atoms with Crippen molar-refractivity contribution in [1.29, 1.82) is 0 Å². The van der Waals surface area contributed by atoms with Gasteiger partial charge in [0.2, 0.25) is 0 Å². The molecular formula is C18H21N5O. The SMILES string of the molecule is CCc1cc(N(C)Cc2c(C)noc2C)nc(-c2ccccn2)n1. The molecule has 0 aliphatic heterocycles. The second-order valence-corrected chi connectivity index (χ2v) is 5.77. The van der Waals surface area contributed by atoms with Crippen molar-refractivity contribution in [2.75, 3.05) is 11.9 Å². The van der Waals surface area contributed by atoms with Gasteiger partial charge in [-0.3, -0.25) is 4.98 Å². The fraction of sp³-hybridized carbons (Fsp3) is 0.333. The van der Waals surface area contributed by atoms with E-state index in [1.807, 2.05) is 45.2 Å². The molecule has 0 aliphatic carbocycles. The third-order valence-electron chi connectivity index (χ3n) is 3.99. The van der Waals surface area contributed by atoms with Crippen molar-refractivity contribution in [3.63, 3.8) is 0 Å². The van der Waals surface area contributed by atoms with Crippen molar-refractivity contribution in [2.24, 2.45) is 0 Å². The van der Waals surface area contributed by atoms with E-state index in [2.05, 4.69) is 26.9 Å². The first-order valence-electron chi connectivity index (χ1n) is 8.00. The zero-order valence-corrected chi connectivity index (χ0v) is 14.4. The van der Waals surface area contributed by atoms with Crippen LogP contribution < -0.4 is 4.90 Å². The van der Waals surface area contributed by atoms with Gasteiger partial charge in [0.25, 0.3) is 0 Å². The Labute approximate surface area is 141 Å². The quantitative estimate of drug-likeness (QED) is 0.717. The number of hydrogen-bond donors (Lipinski definition) is 0. The van der Waals surface area contributed by atoms with Gasteiger partial charge in [-0.05, 0) is 32.4 Å². The lowest BCUT2D eigenvalue weighted by molar-refractivity contribution is 0.392. The Hall–Kier alpha value is -2.76. The normalized spacial score (nSPS) is 10.8. The lowest BCUT2D eigenvalue weighted by Crippen LogP contribution is -2.19. The van der Waals surface area contributed by atoms with Crippen LogP contribution in [0.15, 0.2) is 35.0 Å². The average molecular weight is 323 g/mol. The summed E-state index contributed by atoms with van der Waals surface area (Å²) in [6.07, 6.45) is 2.60. The van der Waals surface area contributed by atoms with Gasteiger partial charge in [0, 0.05) is 37.1 Å². The van der Waals surface area contributed by atoms with Gasteiger partial charge in [0.05, 0.1) is 5.69 Å². The van der Waals surface area contributed by atoms with Gasteiger partial charge < -0.3 is 9.42 Å². The number of anilines is 1. The maximum absolute atomic E-state index is 5.25. The van der Waals surface area contributed by atoms with E-state index in [-0.39, 0.29) is 0 Å². The summed E-state index contributed by atoms with van der Waals surface area (Å²) in [6.45, 7) is 6.65. The first-order chi connectivity index (χ1) is 11.6. The molecule has 24 heavy (non-hydrogen) atoms. The summed E-state index contributed by atoms with van der Waals surface area (Å²) >= 11 is 0. The second-order valence-electron chi connectivity index (χ2n) is 5.77. The molecule has 3 aromatic heterocycles. The van der Waals surface area contributed by atoms with Gasteiger partial charge in [0.15, 0.2) is 5.82 Å². The van der Waals surface area contributed by atoms with Crippen LogP contribution >= 0.6 is 0 Å². The lowest BCUT2D eigenvalue weighted by atomic mass is 10.2. The van der Waals surface area contributed by atoms with Gasteiger partial charge in [-0.1, -0.05) is 18.1 Å². The summed E-state index contributed by atoms with van der Waals surface area (Å²) in [7, 11) is 2.01. The van der Waals surface area contributed by atoms with Crippen molar-refractivity contribution in [1.82, 2.24) is 20.1 Å². The maximum atomic E-state index is 5.25. The summed E-state index contributed by atoms with van der Waals surface area (Å²) in [5.41, 5.74) is 3.77. The van der Waals surface area contributed by atoms with Crippen LogP contribution in [0.4, 0.5) is 5.82 Å². The second kappa shape index (κ2) is 6.78. The standard InChI is InChI=1S/C18H21N5O/c1-5-14-10-17(21-18(20-14)16-8-6-7-9-19-16)23(4)11-15-12(2)22-24-13(15)3/h6-10H,5,11H2,1-4H3. The predicted octanol–water partition coefficient (Wildman–Crippen LogP) is 3.34. The Morgan fingerprint density at radius 1 is 1.17 bits per heavy atom. The minimum Gasteiger partial charge on any atom is -0.361 e. The maximum Gasteiger partial charge on any atom is 0.180 e. The average Bonchev–Trinajstić information content (AvgIpc) is 2.94. The van der Waals surface area contributed by atoms with Crippen molar-refractivity contribution in [2.45, 2.75) is 33.7 Å². The van der Waals surface area contributed by atoms with Crippen LogP contribution in [0.25, 0.3) is 11.5 Å². The van der Waals surface area contributed by atoms with Gasteiger partial charge in [-0.25, -0.2) is 9.97 Å². The molecule has 0 bridgehead atoms. The summed E-state index contributed by atoms with van der Waals surface area (Å²) in [6, 6.07) is 7.77. The molecule has 0 fully saturated rings. The van der Waals surface area contributed by atoms with Crippen molar-refractivity contribution >= 4 is 5.82 Å². The Balaban J connectivity index is 1.95. The van der Waals surface area contributed by atoms with E-state index in [0.29, 0.717) is 12.4 Å². The monoisotopic (exact) mass is 323 g/mol. The molecule has 3 aromatic rings. The smallest absolute Gasteiger partial charge is 0.180 e. The van der Waals surface area contributed by atoms with E-state index in [4.69, 9.17) is 9.51 Å². The van der Waals surface area contributed by atoms with E-state index in [9.17, 15) is 0 Å². The van der Waals surface area contributed by atoms with Crippen LogP contribution in [-0.2, 0) is 13.0 Å². The summed E-state index contributed by atoms with van der Waals surface area (Å²) in [4.78, 5) is 15.7. The molecule has 0 unspecified atom stereocenters. The highest BCUT2D eigenvalue weighted by atomic mass is 16.5. The van der Waals surface area contributed by atoms with E-state index in [1.165, 1.54) is 0 Å². The molecule has 0 amide bonds. The molecule has 124 valence electrons. The van der Waals surface area contributed by atoms with E-state index in [0.717, 1.165) is 40.6 Å². The fourth-order valence-electron chi connectivity index (χ4n) is 2.52. The zero-order chi connectivity index (χ0) is 17.1. The number of aryl methyl sites for hydroxylation is 3. The van der Waals surface area contributed by atoms with E-state index >= 15 is 0 Å². The Morgan fingerprint density at radius 2 is 2.00 bits per heavy atom. The molecule has 0 spiro atoms.